The quantitative estimate of drug-likeness (QED) is 0.835. The van der Waals surface area contributed by atoms with Gasteiger partial charge in [-0.3, -0.25) is 0 Å². The molecule has 2 aromatic rings. The second-order valence-corrected chi connectivity index (χ2v) is 5.81. The summed E-state index contributed by atoms with van der Waals surface area (Å²) in [7, 11) is -3.91. The Balaban J connectivity index is 2.73. The van der Waals surface area contributed by atoms with Crippen LogP contribution < -0.4 is 0 Å². The molecule has 0 aliphatic rings. The van der Waals surface area contributed by atoms with Crippen LogP contribution in [0.3, 0.4) is 0 Å². The van der Waals surface area contributed by atoms with Crippen LogP contribution in [-0.4, -0.2) is 18.8 Å². The van der Waals surface area contributed by atoms with Gasteiger partial charge in [0.1, 0.15) is 11.1 Å². The third-order valence-electron chi connectivity index (χ3n) is 2.69. The minimum atomic E-state index is -3.91. The van der Waals surface area contributed by atoms with Crippen LogP contribution in [0.15, 0.2) is 58.3 Å². The molecule has 0 saturated heterocycles. The first-order chi connectivity index (χ1) is 10.1. The standard InChI is InChI=1S/C14H8N2O4S/c17-15-9-11-5-1-3-7-13(11)21(19,20)14-8-4-2-6-12(14)10-16-18/h1-8H/p+2. The molecule has 104 valence electrons. The van der Waals surface area contributed by atoms with Gasteiger partial charge in [-0.2, -0.15) is 10.4 Å². The van der Waals surface area contributed by atoms with Crippen molar-refractivity contribution in [1.29, 1.82) is 0 Å². The first-order valence-electron chi connectivity index (χ1n) is 5.74. The molecular formula is C14H10N2O4S+2. The van der Waals surface area contributed by atoms with E-state index < -0.39 is 9.84 Å². The van der Waals surface area contributed by atoms with Crippen molar-refractivity contribution in [1.82, 2.24) is 0 Å². The maximum atomic E-state index is 12.7. The number of rotatable bonds is 2. The average Bonchev–Trinajstić information content (AvgIpc) is 2.49. The Hall–Kier alpha value is -3.03. The fourth-order valence-electron chi connectivity index (χ4n) is 1.81. The van der Waals surface area contributed by atoms with Crippen molar-refractivity contribution in [3.8, 4) is 12.1 Å². The van der Waals surface area contributed by atoms with Crippen LogP contribution in [0.1, 0.15) is 11.1 Å². The molecule has 7 heteroatoms. The molecule has 0 aliphatic heterocycles. The van der Waals surface area contributed by atoms with Gasteiger partial charge in [-0.05, 0) is 24.3 Å². The van der Waals surface area contributed by atoms with Gasteiger partial charge in [-0.15, -0.1) is 0 Å². The third kappa shape index (κ3) is 2.78. The van der Waals surface area contributed by atoms with Crippen LogP contribution in [0.25, 0.3) is 10.0 Å². The second-order valence-electron chi connectivity index (χ2n) is 3.92. The fourth-order valence-corrected chi connectivity index (χ4v) is 3.37. The summed E-state index contributed by atoms with van der Waals surface area (Å²) in [5, 5.41) is 22.6. The first kappa shape index (κ1) is 14.4. The Kier molecular flexibility index (Phi) is 4.07. The highest BCUT2D eigenvalue weighted by molar-refractivity contribution is 7.91. The van der Waals surface area contributed by atoms with Crippen LogP contribution in [0, 0.1) is 12.1 Å². The summed E-state index contributed by atoms with van der Waals surface area (Å²) in [4.78, 5) is -0.148. The molecule has 0 bridgehead atoms. The fraction of sp³-hybridized carbons (Fsp3) is 0. The van der Waals surface area contributed by atoms with E-state index in [0.29, 0.717) is 0 Å². The molecule has 2 aromatic carbocycles. The largest absolute Gasteiger partial charge is 0.389 e. The Morgan fingerprint density at radius 1 is 0.762 bits per heavy atom. The highest BCUT2D eigenvalue weighted by Gasteiger charge is 2.26. The van der Waals surface area contributed by atoms with E-state index in [9.17, 15) is 8.42 Å². The van der Waals surface area contributed by atoms with E-state index in [-0.39, 0.29) is 20.9 Å². The van der Waals surface area contributed by atoms with E-state index in [1.165, 1.54) is 24.3 Å². The van der Waals surface area contributed by atoms with Gasteiger partial charge in [-0.1, -0.05) is 24.3 Å². The summed E-state index contributed by atoms with van der Waals surface area (Å²) in [6, 6.07) is 16.4. The van der Waals surface area contributed by atoms with Crippen LogP contribution in [-0.2, 0) is 9.84 Å². The highest BCUT2D eigenvalue weighted by atomic mass is 32.2. The summed E-state index contributed by atoms with van der Waals surface area (Å²) < 4.78 is 25.4. The highest BCUT2D eigenvalue weighted by Crippen LogP contribution is 2.26. The molecule has 21 heavy (non-hydrogen) atoms. The zero-order valence-corrected chi connectivity index (χ0v) is 11.4. The zero-order chi connectivity index (χ0) is 15.3. The molecule has 2 rings (SSSR count). The summed E-state index contributed by atoms with van der Waals surface area (Å²) in [6.07, 6.45) is 0. The van der Waals surface area contributed by atoms with Crippen molar-refractivity contribution in [3.63, 3.8) is 0 Å². The van der Waals surface area contributed by atoms with Gasteiger partial charge in [0.25, 0.3) is 0 Å². The maximum Gasteiger partial charge on any atom is 0.389 e. The van der Waals surface area contributed by atoms with E-state index >= 15 is 0 Å². The molecule has 0 spiro atoms. The number of hydrogen-bond donors (Lipinski definition) is 2. The number of benzene rings is 2. The van der Waals surface area contributed by atoms with Gasteiger partial charge in [0.15, 0.2) is 0 Å². The Morgan fingerprint density at radius 2 is 1.14 bits per heavy atom. The number of nitrogens with zero attached hydrogens (tertiary/aromatic N) is 2. The minimum absolute atomic E-state index is 0.0741. The summed E-state index contributed by atoms with van der Waals surface area (Å²) in [6.45, 7) is 0. The van der Waals surface area contributed by atoms with E-state index in [4.69, 9.17) is 10.4 Å². The molecule has 0 saturated carbocycles. The minimum Gasteiger partial charge on any atom is -0.218 e. The lowest BCUT2D eigenvalue weighted by atomic mass is 10.2. The molecule has 0 aliphatic carbocycles. The lowest BCUT2D eigenvalue weighted by Gasteiger charge is -2.05. The van der Waals surface area contributed by atoms with Gasteiger partial charge >= 0.3 is 12.1 Å². The molecule has 0 atom stereocenters. The van der Waals surface area contributed by atoms with Gasteiger partial charge in [0.2, 0.25) is 19.9 Å². The summed E-state index contributed by atoms with van der Waals surface area (Å²) in [5.74, 6) is 0. The van der Waals surface area contributed by atoms with E-state index in [1.54, 1.807) is 24.3 Å². The Labute approximate surface area is 121 Å². The molecule has 0 radical (unpaired) electrons. The smallest absolute Gasteiger partial charge is 0.218 e. The molecule has 0 unspecified atom stereocenters. The lowest BCUT2D eigenvalue weighted by molar-refractivity contribution is 0.464. The molecule has 0 aromatic heterocycles. The van der Waals surface area contributed by atoms with Crippen molar-refractivity contribution in [2.75, 3.05) is 0 Å². The van der Waals surface area contributed by atoms with Crippen molar-refractivity contribution in [2.45, 2.75) is 9.79 Å². The maximum absolute atomic E-state index is 12.7. The van der Waals surface area contributed by atoms with E-state index in [2.05, 4.69) is 22.2 Å². The topological polar surface area (TPSA) is 83.3 Å². The monoisotopic (exact) mass is 302 g/mol. The van der Waals surface area contributed by atoms with Gasteiger partial charge in [0, 0.05) is 0 Å². The van der Waals surface area contributed by atoms with Gasteiger partial charge in [-0.25, -0.2) is 8.42 Å². The van der Waals surface area contributed by atoms with Crippen molar-refractivity contribution in [3.05, 3.63) is 69.7 Å². The zero-order valence-electron chi connectivity index (χ0n) is 10.6. The SMILES string of the molecule is O=S(=O)(c1ccccc1C#[N+]O)c1ccccc1C#[N+]O. The van der Waals surface area contributed by atoms with Crippen LogP contribution in [0.2, 0.25) is 0 Å². The molecule has 6 nitrogen and oxygen atoms in total. The predicted molar refractivity (Wildman–Crippen MR) is 74.6 cm³/mol. The third-order valence-corrected chi connectivity index (χ3v) is 4.56. The molecule has 0 fully saturated rings. The Morgan fingerprint density at radius 3 is 1.52 bits per heavy atom. The lowest BCUT2D eigenvalue weighted by Crippen LogP contribution is -2.06. The summed E-state index contributed by atoms with van der Waals surface area (Å²) in [5.41, 5.74) is 0.242. The van der Waals surface area contributed by atoms with Crippen molar-refractivity contribution >= 4 is 9.84 Å². The van der Waals surface area contributed by atoms with Crippen molar-refractivity contribution < 1.29 is 18.8 Å². The van der Waals surface area contributed by atoms with E-state index in [0.717, 1.165) is 0 Å². The van der Waals surface area contributed by atoms with Crippen LogP contribution in [0.5, 0.6) is 0 Å². The van der Waals surface area contributed by atoms with Gasteiger partial charge < -0.3 is 0 Å². The predicted octanol–water partition coefficient (Wildman–Crippen LogP) is 2.66. The molecular weight excluding hydrogens is 292 g/mol. The summed E-state index contributed by atoms with van der Waals surface area (Å²) >= 11 is 0. The first-order valence-corrected chi connectivity index (χ1v) is 7.23. The normalized spacial score (nSPS) is 9.90. The Bertz CT molecular complexity index is 830. The van der Waals surface area contributed by atoms with E-state index in [1.807, 2.05) is 0 Å². The average molecular weight is 302 g/mol. The van der Waals surface area contributed by atoms with Crippen LogP contribution in [0.4, 0.5) is 0 Å². The van der Waals surface area contributed by atoms with Gasteiger partial charge in [0.05, 0.1) is 9.79 Å². The molecule has 2 N–H and O–H groups in total. The molecule has 0 amide bonds. The van der Waals surface area contributed by atoms with Crippen LogP contribution >= 0.6 is 0 Å². The number of hydrogen-bond acceptors (Lipinski definition) is 4. The number of sulfone groups is 1. The van der Waals surface area contributed by atoms with Crippen molar-refractivity contribution in [2.24, 2.45) is 0 Å². The second kappa shape index (κ2) is 5.95. The molecule has 0 heterocycles.